The molecule has 1 saturated heterocycles. The maximum atomic E-state index is 12.6. The van der Waals surface area contributed by atoms with Crippen LogP contribution in [0, 0.1) is 0 Å². The van der Waals surface area contributed by atoms with E-state index in [2.05, 4.69) is 10.6 Å². The van der Waals surface area contributed by atoms with E-state index in [4.69, 9.17) is 9.47 Å². The second kappa shape index (κ2) is 10.6. The molecule has 0 aromatic heterocycles. The van der Waals surface area contributed by atoms with Gasteiger partial charge in [-0.15, -0.1) is 0 Å². The summed E-state index contributed by atoms with van der Waals surface area (Å²) in [4.78, 5) is 26.5. The van der Waals surface area contributed by atoms with E-state index in [0.717, 1.165) is 25.9 Å². The van der Waals surface area contributed by atoms with Crippen LogP contribution in [0.2, 0.25) is 0 Å². The van der Waals surface area contributed by atoms with Crippen LogP contribution >= 0.6 is 0 Å². The van der Waals surface area contributed by atoms with Crippen LogP contribution in [-0.4, -0.2) is 44.7 Å². The molecule has 3 rings (SSSR count). The van der Waals surface area contributed by atoms with Gasteiger partial charge in [-0.2, -0.15) is 0 Å². The number of anilines is 2. The average Bonchev–Trinajstić information content (AvgIpc) is 3.24. The van der Waals surface area contributed by atoms with E-state index in [1.165, 1.54) is 4.90 Å². The van der Waals surface area contributed by atoms with E-state index in [9.17, 15) is 9.59 Å². The number of benzene rings is 2. The maximum Gasteiger partial charge on any atom is 0.279 e. The maximum absolute atomic E-state index is 12.6. The molecule has 0 spiro atoms. The molecule has 2 amide bonds. The van der Waals surface area contributed by atoms with Gasteiger partial charge in [-0.05, 0) is 26.0 Å². The first-order valence-corrected chi connectivity index (χ1v) is 10.5. The fraction of sp³-hybridized carbons (Fsp3) is 0.391. The summed E-state index contributed by atoms with van der Waals surface area (Å²) in [6, 6.07) is 12.4. The van der Waals surface area contributed by atoms with Gasteiger partial charge in [0.1, 0.15) is 11.5 Å². The van der Waals surface area contributed by atoms with Gasteiger partial charge < -0.3 is 25.0 Å². The molecule has 3 N–H and O–H groups in total. The molecule has 160 valence electrons. The van der Waals surface area contributed by atoms with E-state index in [-0.39, 0.29) is 11.8 Å². The van der Waals surface area contributed by atoms with E-state index in [1.54, 1.807) is 24.3 Å². The van der Waals surface area contributed by atoms with Crippen LogP contribution in [0.1, 0.15) is 37.0 Å². The van der Waals surface area contributed by atoms with E-state index in [0.29, 0.717) is 48.2 Å². The molecule has 1 fully saturated rings. The standard InChI is InChI=1S/C23H29N3O4/c1-3-29-20-15-19(25-23(28)17-10-6-5-7-11-17)21(30-4-2)14-18(20)24-22(27)16-26-12-8-9-13-26/h5-7,10-11,14-15H,3-4,8-9,12-13,16H2,1-2H3,(H,24,27)(H,25,28)/p+1. The highest BCUT2D eigenvalue weighted by Gasteiger charge is 2.21. The number of nitrogens with one attached hydrogen (secondary N) is 3. The fourth-order valence-electron chi connectivity index (χ4n) is 3.56. The highest BCUT2D eigenvalue weighted by atomic mass is 16.5. The first-order chi connectivity index (χ1) is 14.6. The van der Waals surface area contributed by atoms with Gasteiger partial charge >= 0.3 is 0 Å². The second-order valence-corrected chi connectivity index (χ2v) is 7.21. The normalized spacial score (nSPS) is 13.7. The van der Waals surface area contributed by atoms with Crippen molar-refractivity contribution in [3.8, 4) is 11.5 Å². The predicted octanol–water partition coefficient (Wildman–Crippen LogP) is 2.35. The highest BCUT2D eigenvalue weighted by molar-refractivity contribution is 6.05. The molecule has 1 aliphatic heterocycles. The van der Waals surface area contributed by atoms with Crippen LogP contribution in [-0.2, 0) is 4.79 Å². The van der Waals surface area contributed by atoms with Crippen LogP contribution in [0.5, 0.6) is 11.5 Å². The largest absolute Gasteiger partial charge is 0.492 e. The molecule has 0 saturated carbocycles. The van der Waals surface area contributed by atoms with Gasteiger partial charge in [0.2, 0.25) is 0 Å². The lowest BCUT2D eigenvalue weighted by Gasteiger charge is -2.18. The lowest BCUT2D eigenvalue weighted by atomic mass is 10.2. The predicted molar refractivity (Wildman–Crippen MR) is 117 cm³/mol. The minimum absolute atomic E-state index is 0.0589. The Bertz CT molecular complexity index is 864. The van der Waals surface area contributed by atoms with Crippen LogP contribution in [0.4, 0.5) is 11.4 Å². The molecular formula is C23H30N3O4+. The first-order valence-electron chi connectivity index (χ1n) is 10.5. The molecule has 2 aromatic carbocycles. The van der Waals surface area contributed by atoms with Gasteiger partial charge in [0.25, 0.3) is 11.8 Å². The third-order valence-electron chi connectivity index (χ3n) is 4.96. The van der Waals surface area contributed by atoms with Crippen molar-refractivity contribution in [2.24, 2.45) is 0 Å². The number of rotatable bonds is 9. The zero-order valence-electron chi connectivity index (χ0n) is 17.6. The van der Waals surface area contributed by atoms with Crippen molar-refractivity contribution in [2.75, 3.05) is 43.5 Å². The Kier molecular flexibility index (Phi) is 7.68. The SMILES string of the molecule is CCOc1cc(NC(=O)c2ccccc2)c(OCC)cc1NC(=O)C[NH+]1CCCC1. The van der Waals surface area contributed by atoms with Gasteiger partial charge in [-0.1, -0.05) is 18.2 Å². The summed E-state index contributed by atoms with van der Waals surface area (Å²) in [6.45, 7) is 7.09. The van der Waals surface area contributed by atoms with Gasteiger partial charge in [0, 0.05) is 30.5 Å². The molecule has 1 aliphatic rings. The second-order valence-electron chi connectivity index (χ2n) is 7.21. The third kappa shape index (κ3) is 5.73. The van der Waals surface area contributed by atoms with Gasteiger partial charge in [-0.25, -0.2) is 0 Å². The minimum atomic E-state index is -0.242. The summed E-state index contributed by atoms with van der Waals surface area (Å²) in [6.07, 6.45) is 2.33. The molecule has 0 unspecified atom stereocenters. The van der Waals surface area contributed by atoms with Crippen LogP contribution in [0.15, 0.2) is 42.5 Å². The number of amides is 2. The van der Waals surface area contributed by atoms with Crippen molar-refractivity contribution in [1.29, 1.82) is 0 Å². The Morgan fingerprint density at radius 2 is 1.47 bits per heavy atom. The Morgan fingerprint density at radius 3 is 2.03 bits per heavy atom. The average molecular weight is 413 g/mol. The molecular weight excluding hydrogens is 382 g/mol. The molecule has 0 radical (unpaired) electrons. The number of carbonyl (C=O) groups excluding carboxylic acids is 2. The number of likely N-dealkylation sites (tertiary alicyclic amines) is 1. The molecule has 30 heavy (non-hydrogen) atoms. The number of carbonyl (C=O) groups is 2. The Labute approximate surface area is 177 Å². The highest BCUT2D eigenvalue weighted by Crippen LogP contribution is 2.37. The minimum Gasteiger partial charge on any atom is -0.492 e. The molecule has 0 atom stereocenters. The van der Waals surface area contributed by atoms with Crippen molar-refractivity contribution in [2.45, 2.75) is 26.7 Å². The van der Waals surface area contributed by atoms with Crippen LogP contribution in [0.25, 0.3) is 0 Å². The smallest absolute Gasteiger partial charge is 0.279 e. The van der Waals surface area contributed by atoms with E-state index in [1.807, 2.05) is 32.0 Å². The number of quaternary nitrogens is 1. The van der Waals surface area contributed by atoms with Crippen molar-refractivity contribution < 1.29 is 24.0 Å². The van der Waals surface area contributed by atoms with Gasteiger partial charge in [0.15, 0.2) is 6.54 Å². The first kappa shape index (κ1) is 21.6. The molecule has 2 aromatic rings. The van der Waals surface area contributed by atoms with Crippen molar-refractivity contribution in [3.63, 3.8) is 0 Å². The summed E-state index contributed by atoms with van der Waals surface area (Å²) in [7, 11) is 0. The molecule has 7 heteroatoms. The molecule has 0 aliphatic carbocycles. The van der Waals surface area contributed by atoms with Gasteiger partial charge in [0.05, 0.1) is 37.7 Å². The molecule has 0 bridgehead atoms. The Balaban J connectivity index is 1.83. The molecule has 1 heterocycles. The van der Waals surface area contributed by atoms with Crippen molar-refractivity contribution in [1.82, 2.24) is 0 Å². The molecule has 7 nitrogen and oxygen atoms in total. The van der Waals surface area contributed by atoms with Crippen molar-refractivity contribution in [3.05, 3.63) is 48.0 Å². The Hall–Kier alpha value is -3.06. The monoisotopic (exact) mass is 412 g/mol. The fourth-order valence-corrected chi connectivity index (χ4v) is 3.56. The summed E-state index contributed by atoms with van der Waals surface area (Å²) in [5.74, 6) is 0.674. The zero-order valence-corrected chi connectivity index (χ0v) is 17.6. The topological polar surface area (TPSA) is 81.1 Å². The van der Waals surface area contributed by atoms with E-state index < -0.39 is 0 Å². The number of ether oxygens (including phenoxy) is 2. The van der Waals surface area contributed by atoms with Crippen LogP contribution in [0.3, 0.4) is 0 Å². The quantitative estimate of drug-likeness (QED) is 0.591. The van der Waals surface area contributed by atoms with Crippen LogP contribution < -0.4 is 25.0 Å². The lowest BCUT2D eigenvalue weighted by Crippen LogP contribution is -3.11. The zero-order chi connectivity index (χ0) is 21.3. The third-order valence-corrected chi connectivity index (χ3v) is 4.96. The van der Waals surface area contributed by atoms with Gasteiger partial charge in [-0.3, -0.25) is 9.59 Å². The van der Waals surface area contributed by atoms with Crippen molar-refractivity contribution >= 4 is 23.2 Å². The van der Waals surface area contributed by atoms with E-state index >= 15 is 0 Å². The Morgan fingerprint density at radius 1 is 0.900 bits per heavy atom. The summed E-state index contributed by atoms with van der Waals surface area (Å²) in [5.41, 5.74) is 1.59. The lowest BCUT2D eigenvalue weighted by molar-refractivity contribution is -0.878. The number of hydrogen-bond donors (Lipinski definition) is 3. The number of hydrogen-bond acceptors (Lipinski definition) is 4. The summed E-state index contributed by atoms with van der Waals surface area (Å²) >= 11 is 0. The summed E-state index contributed by atoms with van der Waals surface area (Å²) in [5, 5.41) is 5.84. The summed E-state index contributed by atoms with van der Waals surface area (Å²) < 4.78 is 11.5.